The molecule has 4 heterocycles. The fraction of sp³-hybridized carbons (Fsp3) is 0.429. The van der Waals surface area contributed by atoms with Crippen LogP contribution >= 0.6 is 0 Å². The first-order valence-corrected chi connectivity index (χ1v) is 10.3. The quantitative estimate of drug-likeness (QED) is 0.442. The largest absolute Gasteiger partial charge is 0.479 e. The van der Waals surface area contributed by atoms with E-state index < -0.39 is 38.5 Å². The summed E-state index contributed by atoms with van der Waals surface area (Å²) in [6.45, 7) is -4.36. The smallest absolute Gasteiger partial charge is 0.282 e. The van der Waals surface area contributed by atoms with E-state index in [-0.39, 0.29) is 30.6 Å². The third-order valence-electron chi connectivity index (χ3n) is 5.61. The van der Waals surface area contributed by atoms with Gasteiger partial charge in [-0.05, 0) is 37.2 Å². The van der Waals surface area contributed by atoms with E-state index in [9.17, 15) is 17.6 Å². The number of piperidine rings is 1. The SMILES string of the molecule is [2H]c1cc(-c2ccc3nnn(CC(F)F)c3c2)c2c(OC)nc(=NC3CCN(C([2H])([2H])[2H])CC3(F)F)[nH]n12. The van der Waals surface area contributed by atoms with Crippen molar-refractivity contribution in [3.8, 4) is 17.0 Å². The number of aromatic amines is 1. The van der Waals surface area contributed by atoms with E-state index in [0.717, 1.165) is 9.58 Å². The van der Waals surface area contributed by atoms with E-state index >= 15 is 0 Å². The number of hydrogen-bond donors (Lipinski definition) is 1. The number of methoxy groups -OCH3 is 1. The highest BCUT2D eigenvalue weighted by molar-refractivity contribution is 5.89. The molecule has 0 bridgehead atoms. The van der Waals surface area contributed by atoms with Crippen molar-refractivity contribution in [1.29, 1.82) is 0 Å². The van der Waals surface area contributed by atoms with E-state index in [0.29, 0.717) is 27.7 Å². The molecule has 180 valence electrons. The maximum atomic E-state index is 14.8. The lowest BCUT2D eigenvalue weighted by Crippen LogP contribution is -2.50. The number of halogens is 4. The van der Waals surface area contributed by atoms with Gasteiger partial charge in [-0.1, -0.05) is 11.3 Å². The Balaban J connectivity index is 1.57. The topological polar surface area (TPSA) is 88.6 Å². The second-order valence-corrected chi connectivity index (χ2v) is 7.91. The number of nitrogens with zero attached hydrogens (tertiary/aromatic N) is 7. The van der Waals surface area contributed by atoms with Gasteiger partial charge in [0.25, 0.3) is 12.3 Å². The molecule has 1 aromatic carbocycles. The number of H-pyrrole nitrogens is 1. The van der Waals surface area contributed by atoms with Crippen molar-refractivity contribution in [2.75, 3.05) is 27.2 Å². The molecule has 1 atom stereocenters. The van der Waals surface area contributed by atoms with Crippen LogP contribution in [0.5, 0.6) is 5.88 Å². The normalized spacial score (nSPS) is 21.6. The summed E-state index contributed by atoms with van der Waals surface area (Å²) in [5, 5.41) is 10.4. The molecule has 0 saturated carbocycles. The molecule has 1 aliphatic rings. The van der Waals surface area contributed by atoms with Crippen LogP contribution in [0.2, 0.25) is 0 Å². The monoisotopic (exact) mass is 482 g/mol. The maximum absolute atomic E-state index is 14.8. The molecule has 0 radical (unpaired) electrons. The van der Waals surface area contributed by atoms with E-state index in [1.807, 2.05) is 0 Å². The van der Waals surface area contributed by atoms with Crippen LogP contribution in [0.1, 0.15) is 11.9 Å². The van der Waals surface area contributed by atoms with E-state index in [1.165, 1.54) is 17.7 Å². The van der Waals surface area contributed by atoms with Gasteiger partial charge < -0.3 is 9.64 Å². The summed E-state index contributed by atoms with van der Waals surface area (Å²) in [5.74, 6) is -3.45. The zero-order valence-electron chi connectivity index (χ0n) is 21.8. The molecule has 1 fully saturated rings. The lowest BCUT2D eigenvalue weighted by atomic mass is 10.0. The van der Waals surface area contributed by atoms with Crippen LogP contribution in [0.4, 0.5) is 17.6 Å². The number of fused-ring (bicyclic) bond motifs is 2. The number of benzene rings is 1. The molecule has 3 aromatic heterocycles. The Kier molecular flexibility index (Phi) is 4.42. The maximum Gasteiger partial charge on any atom is 0.282 e. The minimum absolute atomic E-state index is 0.0152. The zero-order chi connectivity index (χ0) is 27.4. The molecule has 0 spiro atoms. The molecule has 0 aliphatic carbocycles. The average Bonchev–Trinajstić information content (AvgIpc) is 3.39. The Morgan fingerprint density at radius 1 is 1.38 bits per heavy atom. The van der Waals surface area contributed by atoms with Crippen molar-refractivity contribution in [2.24, 2.45) is 4.99 Å². The number of ether oxygens (including phenoxy) is 1. The van der Waals surface area contributed by atoms with Gasteiger partial charge in [-0.25, -0.2) is 27.2 Å². The van der Waals surface area contributed by atoms with E-state index in [1.54, 1.807) is 18.2 Å². The van der Waals surface area contributed by atoms with Crippen LogP contribution in [0.15, 0.2) is 35.4 Å². The molecule has 9 nitrogen and oxygen atoms in total. The molecular formula is C21H22F4N8O. The van der Waals surface area contributed by atoms with Gasteiger partial charge in [0.1, 0.15) is 23.6 Å². The Morgan fingerprint density at radius 3 is 2.97 bits per heavy atom. The molecule has 5 rings (SSSR count). The summed E-state index contributed by atoms with van der Waals surface area (Å²) in [5.41, 5.74) is 1.84. The Bertz CT molecular complexity index is 1560. The zero-order valence-corrected chi connectivity index (χ0v) is 17.8. The van der Waals surface area contributed by atoms with E-state index in [4.69, 9.17) is 10.2 Å². The highest BCUT2D eigenvalue weighted by atomic mass is 19.3. The van der Waals surface area contributed by atoms with Crippen molar-refractivity contribution >= 4 is 16.6 Å². The molecule has 1 saturated heterocycles. The lowest BCUT2D eigenvalue weighted by molar-refractivity contribution is -0.0738. The van der Waals surface area contributed by atoms with Crippen LogP contribution in [0, 0.1) is 0 Å². The molecule has 1 N–H and O–H groups in total. The van der Waals surface area contributed by atoms with Gasteiger partial charge in [-0.3, -0.25) is 9.61 Å². The van der Waals surface area contributed by atoms with Crippen molar-refractivity contribution in [1.82, 2.24) is 34.5 Å². The third kappa shape index (κ3) is 4.00. The number of likely N-dealkylation sites (tertiary alicyclic amines) is 1. The molecule has 1 aliphatic heterocycles. The van der Waals surface area contributed by atoms with Crippen molar-refractivity contribution < 1.29 is 27.8 Å². The summed E-state index contributed by atoms with van der Waals surface area (Å²) >= 11 is 0. The predicted molar refractivity (Wildman–Crippen MR) is 115 cm³/mol. The van der Waals surface area contributed by atoms with Gasteiger partial charge in [0.2, 0.25) is 11.5 Å². The summed E-state index contributed by atoms with van der Waals surface area (Å²) in [4.78, 5) is 9.00. The van der Waals surface area contributed by atoms with Crippen molar-refractivity contribution in [3.63, 3.8) is 0 Å². The highest BCUT2D eigenvalue weighted by Crippen LogP contribution is 2.32. The minimum Gasteiger partial charge on any atom is -0.479 e. The number of alkyl halides is 4. The fourth-order valence-electron chi connectivity index (χ4n) is 4.01. The van der Waals surface area contributed by atoms with E-state index in [2.05, 4.69) is 25.4 Å². The number of hydrogen-bond acceptors (Lipinski definition) is 6. The van der Waals surface area contributed by atoms with Gasteiger partial charge in [0.15, 0.2) is 0 Å². The molecule has 1 unspecified atom stereocenters. The van der Waals surface area contributed by atoms with Crippen LogP contribution in [0.25, 0.3) is 27.7 Å². The van der Waals surface area contributed by atoms with Crippen LogP contribution in [0.3, 0.4) is 0 Å². The van der Waals surface area contributed by atoms with Gasteiger partial charge >= 0.3 is 0 Å². The summed E-state index contributed by atoms with van der Waals surface area (Å²) in [6, 6.07) is 4.82. The number of rotatable bonds is 5. The summed E-state index contributed by atoms with van der Waals surface area (Å²) < 4.78 is 93.9. The fourth-order valence-corrected chi connectivity index (χ4v) is 4.01. The van der Waals surface area contributed by atoms with Crippen LogP contribution in [-0.4, -0.2) is 80.1 Å². The van der Waals surface area contributed by atoms with Crippen molar-refractivity contribution in [2.45, 2.75) is 31.4 Å². The molecule has 34 heavy (non-hydrogen) atoms. The lowest BCUT2D eigenvalue weighted by Gasteiger charge is -2.33. The number of nitrogens with one attached hydrogen (secondary N) is 1. The second-order valence-electron chi connectivity index (χ2n) is 7.91. The Morgan fingerprint density at radius 2 is 2.24 bits per heavy atom. The highest BCUT2D eigenvalue weighted by Gasteiger charge is 2.43. The van der Waals surface area contributed by atoms with Crippen LogP contribution < -0.4 is 10.4 Å². The average molecular weight is 482 g/mol. The van der Waals surface area contributed by atoms with Gasteiger partial charge in [-0.15, -0.1) is 5.10 Å². The van der Waals surface area contributed by atoms with Gasteiger partial charge in [0, 0.05) is 22.4 Å². The first kappa shape index (κ1) is 17.9. The second kappa shape index (κ2) is 8.38. The minimum atomic E-state index is -3.43. The van der Waals surface area contributed by atoms with Gasteiger partial charge in [0.05, 0.1) is 20.5 Å². The summed E-state index contributed by atoms with van der Waals surface area (Å²) in [6.07, 6.45) is -2.92. The Hall–Kier alpha value is -3.48. The van der Waals surface area contributed by atoms with Crippen LogP contribution in [-0.2, 0) is 6.54 Å². The van der Waals surface area contributed by atoms with Gasteiger partial charge in [-0.2, -0.15) is 4.98 Å². The Labute approximate surface area is 196 Å². The summed E-state index contributed by atoms with van der Waals surface area (Å²) in [7, 11) is 1.32. The molecule has 13 heteroatoms. The standard InChI is InChI=1S/C21H22F4N8O/c1-31-7-6-16(21(24,25)11-31)26-20-27-19(34-2)18-13(5-8-32(18)29-20)12-3-4-14-15(9-12)33(30-28-14)10-17(22)23/h3-5,8-9,16-17H,6-7,10-11H2,1-2H3,(H,26,29)/i1D3,8D. The third-order valence-corrected chi connectivity index (χ3v) is 5.61. The number of aromatic nitrogens is 6. The molecular weight excluding hydrogens is 456 g/mol. The predicted octanol–water partition coefficient (Wildman–Crippen LogP) is 2.59. The molecule has 4 aromatic rings. The first-order chi connectivity index (χ1) is 17.9. The molecule has 0 amide bonds. The first-order valence-electron chi connectivity index (χ1n) is 12.3. The van der Waals surface area contributed by atoms with Crippen molar-refractivity contribution in [3.05, 3.63) is 36.1 Å².